The minimum Gasteiger partial charge on any atom is -0.312 e. The third-order valence-electron chi connectivity index (χ3n) is 6.29. The lowest BCUT2D eigenvalue weighted by Crippen LogP contribution is -2.42. The Morgan fingerprint density at radius 1 is 0.912 bits per heavy atom. The molecule has 0 aliphatic rings. The second-order valence-electron chi connectivity index (χ2n) is 9.56. The maximum Gasteiger partial charge on any atom is 0.147 e. The summed E-state index contributed by atoms with van der Waals surface area (Å²) in [6, 6.07) is 22.8. The van der Waals surface area contributed by atoms with E-state index in [9.17, 15) is 0 Å². The Kier molecular flexibility index (Phi) is 7.34. The minimum atomic E-state index is 0.369. The van der Waals surface area contributed by atoms with Gasteiger partial charge in [-0.25, -0.2) is 0 Å². The van der Waals surface area contributed by atoms with Gasteiger partial charge in [-0.15, -0.1) is 10.2 Å². The first-order chi connectivity index (χ1) is 16.4. The minimum absolute atomic E-state index is 0.369. The second kappa shape index (κ2) is 10.6. The highest BCUT2D eigenvalue weighted by Gasteiger charge is 2.27. The van der Waals surface area contributed by atoms with Crippen LogP contribution in [0.1, 0.15) is 50.3 Å². The van der Waals surface area contributed by atoms with Gasteiger partial charge in [0.1, 0.15) is 12.2 Å². The van der Waals surface area contributed by atoms with E-state index in [1.807, 2.05) is 36.4 Å². The van der Waals surface area contributed by atoms with Crippen LogP contribution < -0.4 is 0 Å². The number of hydrogen-bond acceptors (Lipinski definition) is 5. The number of nitriles is 1. The number of pyridine rings is 1. The molecule has 0 aliphatic heterocycles. The van der Waals surface area contributed by atoms with E-state index in [4.69, 9.17) is 10.2 Å². The van der Waals surface area contributed by atoms with Crippen LogP contribution in [-0.2, 0) is 19.6 Å². The summed E-state index contributed by atoms with van der Waals surface area (Å²) in [6.45, 7) is 11.2. The molecule has 174 valence electrons. The van der Waals surface area contributed by atoms with Gasteiger partial charge in [-0.1, -0.05) is 64.1 Å². The lowest BCUT2D eigenvalue weighted by atomic mass is 9.91. The Balaban J connectivity index is 1.61. The van der Waals surface area contributed by atoms with E-state index in [1.54, 1.807) is 6.33 Å². The van der Waals surface area contributed by atoms with E-state index in [2.05, 4.69) is 77.7 Å². The number of rotatable bonds is 9. The van der Waals surface area contributed by atoms with Crippen LogP contribution in [0.5, 0.6) is 0 Å². The van der Waals surface area contributed by atoms with Gasteiger partial charge in [0.15, 0.2) is 0 Å². The number of nitrogens with zero attached hydrogens (tertiary/aromatic N) is 6. The molecule has 0 amide bonds. The third kappa shape index (κ3) is 5.49. The quantitative estimate of drug-likeness (QED) is 0.339. The monoisotopic (exact) mass is 452 g/mol. The zero-order chi connectivity index (χ0) is 24.1. The molecule has 2 heterocycles. The van der Waals surface area contributed by atoms with Gasteiger partial charge in [0.05, 0.1) is 35.9 Å². The van der Waals surface area contributed by atoms with Crippen molar-refractivity contribution in [2.75, 3.05) is 0 Å². The number of para-hydroxylation sites is 1. The van der Waals surface area contributed by atoms with Gasteiger partial charge in [-0.05, 0) is 41.7 Å². The highest BCUT2D eigenvalue weighted by atomic mass is 15.3. The van der Waals surface area contributed by atoms with Crippen molar-refractivity contribution in [3.05, 3.63) is 89.6 Å². The molecule has 4 aromatic rings. The summed E-state index contributed by atoms with van der Waals surface area (Å²) >= 11 is 0. The summed E-state index contributed by atoms with van der Waals surface area (Å²) < 4.78 is 2.10. The third-order valence-corrected chi connectivity index (χ3v) is 6.29. The zero-order valence-corrected chi connectivity index (χ0v) is 20.4. The highest BCUT2D eigenvalue weighted by Crippen LogP contribution is 2.24. The van der Waals surface area contributed by atoms with Crippen molar-refractivity contribution in [3.8, 4) is 6.07 Å². The molecule has 0 saturated carbocycles. The van der Waals surface area contributed by atoms with Gasteiger partial charge in [-0.3, -0.25) is 9.88 Å². The van der Waals surface area contributed by atoms with Gasteiger partial charge >= 0.3 is 0 Å². The maximum atomic E-state index is 9.06. The van der Waals surface area contributed by atoms with E-state index in [-0.39, 0.29) is 0 Å². The number of aromatic nitrogens is 4. The molecule has 0 saturated heterocycles. The van der Waals surface area contributed by atoms with Crippen LogP contribution in [0.4, 0.5) is 0 Å². The lowest BCUT2D eigenvalue weighted by Gasteiger charge is -2.37. The van der Waals surface area contributed by atoms with Gasteiger partial charge in [0.25, 0.3) is 0 Å². The van der Waals surface area contributed by atoms with Crippen molar-refractivity contribution in [1.82, 2.24) is 24.6 Å². The van der Waals surface area contributed by atoms with Crippen molar-refractivity contribution in [3.63, 3.8) is 0 Å². The van der Waals surface area contributed by atoms with Crippen LogP contribution in [0.3, 0.4) is 0 Å². The van der Waals surface area contributed by atoms with Crippen LogP contribution in [0, 0.1) is 23.2 Å². The van der Waals surface area contributed by atoms with Crippen LogP contribution in [0.15, 0.2) is 67.0 Å². The summed E-state index contributed by atoms with van der Waals surface area (Å²) in [5.41, 5.74) is 3.86. The Morgan fingerprint density at radius 3 is 2.35 bits per heavy atom. The Bertz CT molecular complexity index is 1260. The molecule has 0 bridgehead atoms. The first kappa shape index (κ1) is 23.6. The van der Waals surface area contributed by atoms with Crippen molar-refractivity contribution >= 4 is 10.9 Å². The molecule has 0 atom stereocenters. The lowest BCUT2D eigenvalue weighted by molar-refractivity contribution is 0.0937. The van der Waals surface area contributed by atoms with Crippen LogP contribution >= 0.6 is 0 Å². The van der Waals surface area contributed by atoms with Crippen molar-refractivity contribution in [2.24, 2.45) is 11.8 Å². The summed E-state index contributed by atoms with van der Waals surface area (Å²) in [5.74, 6) is 1.89. The largest absolute Gasteiger partial charge is 0.312 e. The van der Waals surface area contributed by atoms with Crippen LogP contribution in [0.25, 0.3) is 10.9 Å². The summed E-state index contributed by atoms with van der Waals surface area (Å²) in [5, 5.41) is 18.9. The topological polar surface area (TPSA) is 70.6 Å². The standard InChI is InChI=1S/C28H32N6/c1-20(2)28(21(3)4)33(17-25-14-13-24-7-5-6-8-26(24)31-25)18-27-32-30-19-34(27)16-23-11-9-22(15-29)10-12-23/h5-14,19-21,28H,16-18H2,1-4H3. The van der Waals surface area contributed by atoms with Gasteiger partial charge < -0.3 is 4.57 Å². The predicted molar refractivity (Wildman–Crippen MR) is 135 cm³/mol. The molecule has 6 nitrogen and oxygen atoms in total. The summed E-state index contributed by atoms with van der Waals surface area (Å²) in [6.07, 6.45) is 1.79. The summed E-state index contributed by atoms with van der Waals surface area (Å²) in [4.78, 5) is 7.43. The van der Waals surface area contributed by atoms with Gasteiger partial charge in [0.2, 0.25) is 0 Å². The Morgan fingerprint density at radius 2 is 1.65 bits per heavy atom. The number of hydrogen-bond donors (Lipinski definition) is 0. The van der Waals surface area contributed by atoms with E-state index >= 15 is 0 Å². The van der Waals surface area contributed by atoms with Crippen molar-refractivity contribution in [2.45, 2.75) is 53.4 Å². The molecule has 0 unspecified atom stereocenters. The predicted octanol–water partition coefficient (Wildman–Crippen LogP) is 5.43. The SMILES string of the molecule is CC(C)C(C(C)C)N(Cc1ccc2ccccc2n1)Cc1nncn1Cc1ccc(C#N)cc1. The fraction of sp³-hybridized carbons (Fsp3) is 0.357. The van der Waals surface area contributed by atoms with Crippen LogP contribution in [0.2, 0.25) is 0 Å². The van der Waals surface area contributed by atoms with E-state index < -0.39 is 0 Å². The molecular formula is C28H32N6. The zero-order valence-electron chi connectivity index (χ0n) is 20.4. The first-order valence-electron chi connectivity index (χ1n) is 11.9. The Hall–Kier alpha value is -3.56. The van der Waals surface area contributed by atoms with E-state index in [0.717, 1.165) is 34.5 Å². The fourth-order valence-corrected chi connectivity index (χ4v) is 4.88. The van der Waals surface area contributed by atoms with Crippen molar-refractivity contribution < 1.29 is 0 Å². The van der Waals surface area contributed by atoms with Gasteiger partial charge in [-0.2, -0.15) is 5.26 Å². The van der Waals surface area contributed by atoms with E-state index in [1.165, 1.54) is 0 Å². The molecule has 0 radical (unpaired) electrons. The molecule has 2 aromatic heterocycles. The second-order valence-corrected chi connectivity index (χ2v) is 9.56. The first-order valence-corrected chi connectivity index (χ1v) is 11.9. The molecule has 4 rings (SSSR count). The molecule has 0 spiro atoms. The summed E-state index contributed by atoms with van der Waals surface area (Å²) in [7, 11) is 0. The molecule has 0 aliphatic carbocycles. The number of fused-ring (bicyclic) bond motifs is 1. The van der Waals surface area contributed by atoms with Crippen molar-refractivity contribution in [1.29, 1.82) is 5.26 Å². The van der Waals surface area contributed by atoms with E-state index in [0.29, 0.717) is 36.5 Å². The molecule has 2 aromatic carbocycles. The molecule has 0 fully saturated rings. The normalized spacial score (nSPS) is 11.7. The smallest absolute Gasteiger partial charge is 0.147 e. The molecule has 0 N–H and O–H groups in total. The average Bonchev–Trinajstić information content (AvgIpc) is 3.25. The number of benzene rings is 2. The molecular weight excluding hydrogens is 420 g/mol. The maximum absolute atomic E-state index is 9.06. The van der Waals surface area contributed by atoms with Gasteiger partial charge in [0, 0.05) is 18.0 Å². The Labute approximate surface area is 201 Å². The molecule has 6 heteroatoms. The fourth-order valence-electron chi connectivity index (χ4n) is 4.88. The van der Waals surface area contributed by atoms with Crippen LogP contribution in [-0.4, -0.2) is 30.7 Å². The highest BCUT2D eigenvalue weighted by molar-refractivity contribution is 5.78. The average molecular weight is 453 g/mol. The molecule has 34 heavy (non-hydrogen) atoms.